The van der Waals surface area contributed by atoms with E-state index in [0.717, 1.165) is 17.8 Å². The van der Waals surface area contributed by atoms with Gasteiger partial charge in [0.2, 0.25) is 10.0 Å². The third kappa shape index (κ3) is 4.97. The number of sulfonamides is 1. The molecule has 2 aromatic heterocycles. The number of halogens is 2. The average molecular weight is 504 g/mol. The van der Waals surface area contributed by atoms with Crippen LogP contribution in [0.2, 0.25) is 0 Å². The molecule has 0 spiro atoms. The lowest BCUT2D eigenvalue weighted by Crippen LogP contribution is -2.19. The molecule has 4 rings (SSSR count). The first-order valence-corrected chi connectivity index (χ1v) is 12.7. The molecular formula is C22H19F2N5O3S2. The molecule has 4 aromatic rings. The molecule has 0 aliphatic rings. The molecule has 0 atom stereocenters. The van der Waals surface area contributed by atoms with E-state index in [4.69, 9.17) is 0 Å². The van der Waals surface area contributed by atoms with Gasteiger partial charge in [0.15, 0.2) is 11.6 Å². The quantitative estimate of drug-likeness (QED) is 0.308. The van der Waals surface area contributed by atoms with Gasteiger partial charge in [-0.2, -0.15) is 0 Å². The molecule has 0 saturated heterocycles. The summed E-state index contributed by atoms with van der Waals surface area (Å²) in [6.45, 7) is 1.65. The number of carbonyl (C=O) groups excluding carboxylic acids is 1. The fourth-order valence-corrected chi connectivity index (χ4v) is 5.25. The van der Waals surface area contributed by atoms with Crippen LogP contribution in [0.4, 0.5) is 31.7 Å². The molecule has 0 bridgehead atoms. The number of carbonyl (C=O) groups is 1. The van der Waals surface area contributed by atoms with Crippen LogP contribution < -0.4 is 15.4 Å². The molecule has 0 aliphatic heterocycles. The molecule has 3 N–H and O–H groups in total. The monoisotopic (exact) mass is 503 g/mol. The van der Waals surface area contributed by atoms with E-state index in [1.807, 2.05) is 30.3 Å². The van der Waals surface area contributed by atoms with E-state index in [2.05, 4.69) is 25.3 Å². The van der Waals surface area contributed by atoms with Gasteiger partial charge in [0.05, 0.1) is 27.2 Å². The lowest BCUT2D eigenvalue weighted by molar-refractivity contribution is 0.102. The van der Waals surface area contributed by atoms with Crippen LogP contribution in [-0.4, -0.2) is 30.0 Å². The third-order valence-electron chi connectivity index (χ3n) is 4.70. The molecule has 0 radical (unpaired) electrons. The molecule has 1 amide bonds. The predicted molar refractivity (Wildman–Crippen MR) is 129 cm³/mol. The number of aromatic nitrogens is 2. The maximum Gasteiger partial charge on any atom is 0.258 e. The van der Waals surface area contributed by atoms with Crippen molar-refractivity contribution in [1.29, 1.82) is 0 Å². The first-order valence-electron chi connectivity index (χ1n) is 10.1. The molecular weight excluding hydrogens is 484 g/mol. The number of rotatable bonds is 8. The van der Waals surface area contributed by atoms with Crippen LogP contribution in [0.1, 0.15) is 23.7 Å². The van der Waals surface area contributed by atoms with E-state index in [1.165, 1.54) is 23.0 Å². The smallest absolute Gasteiger partial charge is 0.258 e. The van der Waals surface area contributed by atoms with Gasteiger partial charge in [-0.15, -0.1) is 11.3 Å². The maximum absolute atomic E-state index is 14.9. The number of nitrogens with zero attached hydrogens (tertiary/aromatic N) is 2. The Morgan fingerprint density at radius 3 is 2.59 bits per heavy atom. The van der Waals surface area contributed by atoms with Crippen molar-refractivity contribution in [2.24, 2.45) is 0 Å². The lowest BCUT2D eigenvalue weighted by atomic mass is 10.2. The van der Waals surface area contributed by atoms with Gasteiger partial charge in [-0.1, -0.05) is 25.1 Å². The third-order valence-corrected chi connectivity index (χ3v) is 7.16. The van der Waals surface area contributed by atoms with Gasteiger partial charge in [-0.05, 0) is 30.7 Å². The Labute approximate surface area is 198 Å². The fourth-order valence-electron chi connectivity index (χ4n) is 3.17. The van der Waals surface area contributed by atoms with E-state index in [9.17, 15) is 22.0 Å². The van der Waals surface area contributed by atoms with Crippen LogP contribution in [0.25, 0.3) is 10.2 Å². The lowest BCUT2D eigenvalue weighted by Gasteiger charge is -2.12. The number of para-hydroxylation sites is 1. The average Bonchev–Trinajstić information content (AvgIpc) is 3.24. The van der Waals surface area contributed by atoms with Crippen LogP contribution in [0, 0.1) is 11.6 Å². The predicted octanol–water partition coefficient (Wildman–Crippen LogP) is 5.12. The Bertz CT molecular complexity index is 1460. The molecule has 2 aromatic carbocycles. The molecule has 12 heteroatoms. The summed E-state index contributed by atoms with van der Waals surface area (Å²) in [4.78, 5) is 21.3. The zero-order chi connectivity index (χ0) is 24.3. The van der Waals surface area contributed by atoms with Crippen molar-refractivity contribution >= 4 is 60.4 Å². The second kappa shape index (κ2) is 9.69. The summed E-state index contributed by atoms with van der Waals surface area (Å²) in [6, 6.07) is 11.1. The molecule has 176 valence electrons. The molecule has 34 heavy (non-hydrogen) atoms. The Balaban J connectivity index is 1.63. The van der Waals surface area contributed by atoms with Crippen molar-refractivity contribution in [3.8, 4) is 0 Å². The van der Waals surface area contributed by atoms with Crippen molar-refractivity contribution in [1.82, 2.24) is 9.97 Å². The van der Waals surface area contributed by atoms with Crippen LogP contribution >= 0.6 is 11.3 Å². The van der Waals surface area contributed by atoms with Crippen LogP contribution in [0.15, 0.2) is 54.2 Å². The highest BCUT2D eigenvalue weighted by molar-refractivity contribution is 7.92. The summed E-state index contributed by atoms with van der Waals surface area (Å²) in [5.74, 6) is -2.84. The summed E-state index contributed by atoms with van der Waals surface area (Å²) >= 11 is 1.20. The molecule has 0 unspecified atom stereocenters. The summed E-state index contributed by atoms with van der Waals surface area (Å²) in [5, 5.41) is 6.86. The highest BCUT2D eigenvalue weighted by Crippen LogP contribution is 2.32. The number of thiophene rings is 1. The molecule has 0 aliphatic carbocycles. The van der Waals surface area contributed by atoms with Crippen LogP contribution in [0.5, 0.6) is 0 Å². The number of fused-ring (bicyclic) bond motifs is 1. The van der Waals surface area contributed by atoms with Gasteiger partial charge in [0, 0.05) is 11.1 Å². The van der Waals surface area contributed by atoms with Gasteiger partial charge < -0.3 is 10.6 Å². The van der Waals surface area contributed by atoms with Crippen LogP contribution in [-0.2, 0) is 10.0 Å². The SMILES string of the molecule is CCCS(=O)(=O)Nc1ccc(F)c(NC(=O)c2csc3c(Nc4ccccc4)ncnc23)c1F. The number of nitrogens with one attached hydrogen (secondary N) is 3. The van der Waals surface area contributed by atoms with Crippen LogP contribution in [0.3, 0.4) is 0 Å². The first-order chi connectivity index (χ1) is 16.3. The molecule has 8 nitrogen and oxygen atoms in total. The number of benzene rings is 2. The van der Waals surface area contributed by atoms with Crippen molar-refractivity contribution in [3.05, 3.63) is 71.4 Å². The Morgan fingerprint density at radius 2 is 1.85 bits per heavy atom. The van der Waals surface area contributed by atoms with Crippen molar-refractivity contribution in [3.63, 3.8) is 0 Å². The standard InChI is InChI=1S/C22H19F2N5O3S2/c1-2-10-34(31,32)29-16-9-8-15(23)19(17(16)24)28-22(30)14-11-33-20-18(14)25-12-26-21(20)27-13-6-4-3-5-7-13/h3-9,11-12,29H,2,10H2,1H3,(H,28,30)(H,25,26,27). The molecule has 2 heterocycles. The minimum Gasteiger partial charge on any atom is -0.339 e. The number of amides is 1. The number of hydrogen-bond acceptors (Lipinski definition) is 7. The number of hydrogen-bond donors (Lipinski definition) is 3. The van der Waals surface area contributed by atoms with E-state index in [-0.39, 0.29) is 11.3 Å². The van der Waals surface area contributed by atoms with E-state index < -0.39 is 38.9 Å². The van der Waals surface area contributed by atoms with E-state index in [1.54, 1.807) is 6.92 Å². The summed E-state index contributed by atoms with van der Waals surface area (Å²) in [6.07, 6.45) is 1.59. The minimum absolute atomic E-state index is 0.0919. The van der Waals surface area contributed by atoms with Gasteiger partial charge >= 0.3 is 0 Å². The molecule has 0 saturated carbocycles. The largest absolute Gasteiger partial charge is 0.339 e. The summed E-state index contributed by atoms with van der Waals surface area (Å²) in [5.41, 5.74) is -0.0473. The van der Waals surface area contributed by atoms with Crippen molar-refractivity contribution in [2.45, 2.75) is 13.3 Å². The molecule has 0 fully saturated rings. The van der Waals surface area contributed by atoms with E-state index in [0.29, 0.717) is 22.5 Å². The number of anilines is 4. The topological polar surface area (TPSA) is 113 Å². The highest BCUT2D eigenvalue weighted by Gasteiger charge is 2.22. The van der Waals surface area contributed by atoms with Gasteiger partial charge in [0.1, 0.15) is 17.8 Å². The summed E-state index contributed by atoms with van der Waals surface area (Å²) in [7, 11) is -3.82. The highest BCUT2D eigenvalue weighted by atomic mass is 32.2. The Morgan fingerprint density at radius 1 is 1.09 bits per heavy atom. The normalized spacial score (nSPS) is 11.4. The van der Waals surface area contributed by atoms with Crippen molar-refractivity contribution in [2.75, 3.05) is 21.1 Å². The summed E-state index contributed by atoms with van der Waals surface area (Å²) < 4.78 is 55.9. The van der Waals surface area contributed by atoms with Gasteiger partial charge in [-0.25, -0.2) is 27.2 Å². The first kappa shape index (κ1) is 23.5. The van der Waals surface area contributed by atoms with Gasteiger partial charge in [0.25, 0.3) is 5.91 Å². The van der Waals surface area contributed by atoms with E-state index >= 15 is 0 Å². The van der Waals surface area contributed by atoms with Gasteiger partial charge in [-0.3, -0.25) is 9.52 Å². The zero-order valence-corrected chi connectivity index (χ0v) is 19.4. The van der Waals surface area contributed by atoms with Crippen molar-refractivity contribution < 1.29 is 22.0 Å². The second-order valence-corrected chi connectivity index (χ2v) is 9.92. The fraction of sp³-hybridized carbons (Fsp3) is 0.136. The maximum atomic E-state index is 14.9. The zero-order valence-electron chi connectivity index (χ0n) is 17.8. The second-order valence-electron chi connectivity index (χ2n) is 7.20. The Kier molecular flexibility index (Phi) is 6.70. The minimum atomic E-state index is -3.82. The Hall–Kier alpha value is -3.64.